The van der Waals surface area contributed by atoms with E-state index < -0.39 is 5.91 Å². The number of carbonyl (C=O) groups is 2. The van der Waals surface area contributed by atoms with Gasteiger partial charge in [0.25, 0.3) is 11.8 Å². The predicted octanol–water partition coefficient (Wildman–Crippen LogP) is 3.18. The van der Waals surface area contributed by atoms with E-state index >= 15 is 0 Å². The fraction of sp³-hybridized carbons (Fsp3) is 0.0435. The number of carbonyl (C=O) groups excluding carboxylic acids is 2. The van der Waals surface area contributed by atoms with Gasteiger partial charge >= 0.3 is 0 Å². The molecule has 0 saturated carbocycles. The van der Waals surface area contributed by atoms with Crippen molar-refractivity contribution in [3.05, 3.63) is 89.7 Å². The molecule has 0 bridgehead atoms. The average molecular weight is 412 g/mol. The molecule has 1 heterocycles. The van der Waals surface area contributed by atoms with Gasteiger partial charge in [0.2, 0.25) is 0 Å². The van der Waals surface area contributed by atoms with E-state index in [1.807, 2.05) is 30.3 Å². The molecule has 2 amide bonds. The van der Waals surface area contributed by atoms with Crippen molar-refractivity contribution in [2.24, 2.45) is 5.73 Å². The van der Waals surface area contributed by atoms with Gasteiger partial charge in [-0.15, -0.1) is 0 Å². The van der Waals surface area contributed by atoms with E-state index in [0.717, 1.165) is 5.56 Å². The molecule has 0 aliphatic heterocycles. The number of nitrogens with two attached hydrogens (primary N) is 2. The zero-order chi connectivity index (χ0) is 21.8. The highest BCUT2D eigenvalue weighted by atomic mass is 16.2. The third kappa shape index (κ3) is 4.43. The van der Waals surface area contributed by atoms with Crippen molar-refractivity contribution >= 4 is 39.9 Å². The fourth-order valence-corrected chi connectivity index (χ4v) is 3.21. The van der Waals surface area contributed by atoms with Crippen molar-refractivity contribution in [1.82, 2.24) is 9.97 Å². The van der Waals surface area contributed by atoms with Gasteiger partial charge in [-0.3, -0.25) is 9.59 Å². The first-order valence-corrected chi connectivity index (χ1v) is 9.54. The normalized spacial score (nSPS) is 10.6. The number of benzene rings is 3. The minimum absolute atomic E-state index is 0.217. The second kappa shape index (κ2) is 8.50. The molecule has 0 atom stereocenters. The molecule has 154 valence electrons. The Kier molecular flexibility index (Phi) is 5.44. The second-order valence-electron chi connectivity index (χ2n) is 6.92. The number of hydrogen-bond acceptors (Lipinski definition) is 6. The zero-order valence-electron chi connectivity index (χ0n) is 16.5. The molecule has 0 spiro atoms. The molecule has 4 rings (SSSR count). The molecule has 0 radical (unpaired) electrons. The number of nitrogens with one attached hydrogen (secondary N) is 2. The lowest BCUT2D eigenvalue weighted by Gasteiger charge is -2.11. The number of nitrogen functional groups attached to an aromatic ring is 1. The van der Waals surface area contributed by atoms with E-state index in [4.69, 9.17) is 11.5 Å². The summed E-state index contributed by atoms with van der Waals surface area (Å²) in [5.74, 6) is -0.171. The van der Waals surface area contributed by atoms with Gasteiger partial charge in [0.1, 0.15) is 12.1 Å². The minimum Gasteiger partial charge on any atom is -0.399 e. The molecule has 0 fully saturated rings. The highest BCUT2D eigenvalue weighted by molar-refractivity contribution is 6.07. The Morgan fingerprint density at radius 2 is 1.71 bits per heavy atom. The van der Waals surface area contributed by atoms with Crippen molar-refractivity contribution in [3.8, 4) is 0 Å². The molecule has 1 aromatic heterocycles. The van der Waals surface area contributed by atoms with Gasteiger partial charge < -0.3 is 22.1 Å². The molecule has 0 unspecified atom stereocenters. The number of amides is 2. The van der Waals surface area contributed by atoms with Gasteiger partial charge in [-0.1, -0.05) is 18.2 Å². The van der Waals surface area contributed by atoms with Crippen LogP contribution in [0.25, 0.3) is 10.9 Å². The van der Waals surface area contributed by atoms with E-state index in [1.54, 1.807) is 36.4 Å². The summed E-state index contributed by atoms with van der Waals surface area (Å²) in [4.78, 5) is 32.6. The molecular weight excluding hydrogens is 392 g/mol. The molecule has 3 aromatic carbocycles. The Hall–Kier alpha value is -4.46. The predicted molar refractivity (Wildman–Crippen MR) is 121 cm³/mol. The highest BCUT2D eigenvalue weighted by Gasteiger charge is 2.11. The number of aromatic nitrogens is 2. The highest BCUT2D eigenvalue weighted by Crippen LogP contribution is 2.23. The maximum Gasteiger partial charge on any atom is 0.255 e. The summed E-state index contributed by atoms with van der Waals surface area (Å²) in [6.45, 7) is 0.457. The molecule has 0 aliphatic carbocycles. The maximum absolute atomic E-state index is 12.4. The number of hydrogen-bond donors (Lipinski definition) is 4. The van der Waals surface area contributed by atoms with Gasteiger partial charge in [0.05, 0.1) is 11.1 Å². The van der Waals surface area contributed by atoms with Crippen molar-refractivity contribution in [3.63, 3.8) is 0 Å². The Labute approximate surface area is 178 Å². The van der Waals surface area contributed by atoms with E-state index in [9.17, 15) is 9.59 Å². The van der Waals surface area contributed by atoms with Crippen LogP contribution in [0, 0.1) is 0 Å². The van der Waals surface area contributed by atoms with Crippen molar-refractivity contribution in [1.29, 1.82) is 0 Å². The Balaban J connectivity index is 1.50. The average Bonchev–Trinajstić information content (AvgIpc) is 2.77. The molecule has 31 heavy (non-hydrogen) atoms. The molecule has 4 aromatic rings. The van der Waals surface area contributed by atoms with E-state index in [-0.39, 0.29) is 5.91 Å². The second-order valence-corrected chi connectivity index (χ2v) is 6.92. The first-order valence-electron chi connectivity index (χ1n) is 9.54. The Morgan fingerprint density at radius 1 is 0.935 bits per heavy atom. The lowest BCUT2D eigenvalue weighted by molar-refractivity contribution is 0.0999. The van der Waals surface area contributed by atoms with Crippen LogP contribution in [0.15, 0.2) is 73.1 Å². The fourth-order valence-electron chi connectivity index (χ4n) is 3.21. The molecule has 0 aliphatic rings. The first kappa shape index (κ1) is 19.8. The molecular formula is C23H20N6O2. The van der Waals surface area contributed by atoms with Gasteiger partial charge in [-0.05, 0) is 54.1 Å². The number of anilines is 3. The van der Waals surface area contributed by atoms with E-state index in [0.29, 0.717) is 45.8 Å². The number of primary amides is 1. The van der Waals surface area contributed by atoms with Gasteiger partial charge in [-0.2, -0.15) is 0 Å². The summed E-state index contributed by atoms with van der Waals surface area (Å²) in [6.07, 6.45) is 1.39. The minimum atomic E-state index is -0.542. The SMILES string of the molecule is NC(=O)c1cccc2c(NCc3cccc(NC(=O)c4ccc(N)cc4)c3)ncnc12. The van der Waals surface area contributed by atoms with Crippen LogP contribution in [-0.4, -0.2) is 21.8 Å². The zero-order valence-corrected chi connectivity index (χ0v) is 16.5. The molecule has 8 heteroatoms. The van der Waals surface area contributed by atoms with Gasteiger partial charge in [0, 0.05) is 28.9 Å². The third-order valence-electron chi connectivity index (χ3n) is 4.75. The maximum atomic E-state index is 12.4. The summed E-state index contributed by atoms with van der Waals surface area (Å²) in [6, 6.07) is 19.4. The summed E-state index contributed by atoms with van der Waals surface area (Å²) >= 11 is 0. The topological polar surface area (TPSA) is 136 Å². The first-order chi connectivity index (χ1) is 15.0. The summed E-state index contributed by atoms with van der Waals surface area (Å²) in [7, 11) is 0. The van der Waals surface area contributed by atoms with Crippen molar-refractivity contribution < 1.29 is 9.59 Å². The van der Waals surface area contributed by atoms with Crippen LogP contribution in [0.4, 0.5) is 17.2 Å². The summed E-state index contributed by atoms with van der Waals surface area (Å²) < 4.78 is 0. The van der Waals surface area contributed by atoms with Crippen LogP contribution in [-0.2, 0) is 6.54 Å². The lowest BCUT2D eigenvalue weighted by Crippen LogP contribution is -2.13. The van der Waals surface area contributed by atoms with Crippen LogP contribution < -0.4 is 22.1 Å². The number of para-hydroxylation sites is 1. The van der Waals surface area contributed by atoms with Crippen LogP contribution in [0.2, 0.25) is 0 Å². The number of fused-ring (bicyclic) bond motifs is 1. The summed E-state index contributed by atoms with van der Waals surface area (Å²) in [5, 5.41) is 6.84. The largest absolute Gasteiger partial charge is 0.399 e. The summed E-state index contributed by atoms with van der Waals surface area (Å²) in [5.41, 5.74) is 14.7. The van der Waals surface area contributed by atoms with Crippen molar-refractivity contribution in [2.75, 3.05) is 16.4 Å². The van der Waals surface area contributed by atoms with E-state index in [1.165, 1.54) is 6.33 Å². The smallest absolute Gasteiger partial charge is 0.255 e. The van der Waals surface area contributed by atoms with Crippen LogP contribution in [0.5, 0.6) is 0 Å². The number of rotatable bonds is 6. The lowest BCUT2D eigenvalue weighted by atomic mass is 10.1. The number of nitrogens with zero attached hydrogens (tertiary/aromatic N) is 2. The van der Waals surface area contributed by atoms with E-state index in [2.05, 4.69) is 20.6 Å². The molecule has 8 nitrogen and oxygen atoms in total. The van der Waals surface area contributed by atoms with Crippen LogP contribution in [0.3, 0.4) is 0 Å². The van der Waals surface area contributed by atoms with Gasteiger partial charge in [0.15, 0.2) is 0 Å². The van der Waals surface area contributed by atoms with Gasteiger partial charge in [-0.25, -0.2) is 9.97 Å². The monoisotopic (exact) mass is 412 g/mol. The third-order valence-corrected chi connectivity index (χ3v) is 4.75. The molecule has 6 N–H and O–H groups in total. The standard InChI is InChI=1S/C23H20N6O2/c24-16-9-7-15(8-10-16)23(31)29-17-4-1-3-14(11-17)12-26-22-19-6-2-5-18(21(25)30)20(19)27-13-28-22/h1-11,13H,12,24H2,(H2,25,30)(H,29,31)(H,26,27,28). The van der Waals surface area contributed by atoms with Crippen LogP contribution in [0.1, 0.15) is 26.3 Å². The molecule has 0 saturated heterocycles. The van der Waals surface area contributed by atoms with Crippen molar-refractivity contribution in [2.45, 2.75) is 6.54 Å². The van der Waals surface area contributed by atoms with Crippen LogP contribution >= 0.6 is 0 Å². The quantitative estimate of drug-likeness (QED) is 0.359. The Bertz CT molecular complexity index is 1270. The Morgan fingerprint density at radius 3 is 2.48 bits per heavy atom.